The largest absolute Gasteiger partial charge is 1.00 e. The Morgan fingerprint density at radius 3 is 1.37 bits per heavy atom. The zero-order valence-corrected chi connectivity index (χ0v) is 63.1. The number of phenols is 4. The molecular weight excluding hydrogens is 1490 g/mol. The summed E-state index contributed by atoms with van der Waals surface area (Å²) in [6.45, 7) is 4.70. The first-order chi connectivity index (χ1) is 53.7. The van der Waals surface area contributed by atoms with Gasteiger partial charge in [0, 0.05) is 125 Å². The highest BCUT2D eigenvalue weighted by atomic mass is 16.7. The highest BCUT2D eigenvalue weighted by molar-refractivity contribution is 6.32. The van der Waals surface area contributed by atoms with Gasteiger partial charge in [0.2, 0.25) is 35.2 Å². The number of Topliss-reactive ketones (excluding diaryl/α,β-unsaturated/α-hetero) is 1. The molecule has 0 saturated carbocycles. The molecule has 6 aliphatic rings. The smallest absolute Gasteiger partial charge is 0.507 e. The average molecular weight is 1590 g/mol. The third-order valence-corrected chi connectivity index (χ3v) is 20.0. The quantitative estimate of drug-likeness (QED) is 0.00508. The first-order valence-corrected chi connectivity index (χ1v) is 36.2. The van der Waals surface area contributed by atoms with Crippen molar-refractivity contribution in [1.82, 2.24) is 21.5 Å². The molecule has 2 heterocycles. The number of nitrogens with one attached hydrogen (secondary N) is 4. The van der Waals surface area contributed by atoms with Crippen molar-refractivity contribution in [1.29, 1.82) is 0 Å². The predicted molar refractivity (Wildman–Crippen MR) is 393 cm³/mol. The molecule has 2 aliphatic heterocycles. The van der Waals surface area contributed by atoms with E-state index < -0.39 is 227 Å². The number of hydrogen-bond acceptors (Lipinski definition) is 35. The van der Waals surface area contributed by atoms with Crippen LogP contribution in [0, 0.1) is 0 Å². The van der Waals surface area contributed by atoms with Gasteiger partial charge in [-0.1, -0.05) is 24.3 Å². The average Bonchev–Trinajstić information content (AvgIpc) is 0.716. The first kappa shape index (κ1) is 89.4. The van der Waals surface area contributed by atoms with Gasteiger partial charge < -0.3 is 132 Å². The molecule has 10 rings (SSSR count). The standard InChI is InChI=1S/C37H49N5O14.C27H29NO11.C10H22N4O4/c1-17-31(45)20(38)13-26(55-17)56-23-15-37(51,24(16-43)41-42-25(44)12-21(39)36(50)40-8-5-9-54-11-10-52-2)14-19-28(23)35(49)30-29(33(19)47)32(46)18-6-4-7-22(53-3)27(18)34(30)48;1-10-22(31)13(28)6-17(38-10)39-15-8-27(36,16(30)9-29)7-12-19(15)26(35)21-20(24(12)33)23(32)11-4-3-5-14(37-2)18(11)25(21)34;1-17-5-6-18-4-2-3-13-10(16)8(11)7-9(15)14-12/h4,6-7,17,20-21,23,26,31,43,45,47,49,51H,5,8-16,38-39H2,1-3H3,(H,40,50)(H,42,44);3-5,10,13,15,17,22,29,31,33,35-36H,6-9,28H2,1-2H3;8H,2-7,11-12H2,1H3,(H,13,16)(H,14,15)/p+1/t17?,20-,21?,23+,26+,31-,37+;10?,13-,15+,17+,22-,27+;/m11./s1. The Morgan fingerprint density at radius 2 is 0.982 bits per heavy atom. The molecule has 113 heavy (non-hydrogen) atoms. The first-order valence-electron chi connectivity index (χ1n) is 36.2. The van der Waals surface area contributed by atoms with Gasteiger partial charge in [0.05, 0.1) is 148 Å². The Morgan fingerprint density at radius 1 is 0.575 bits per heavy atom. The summed E-state index contributed by atoms with van der Waals surface area (Å²) >= 11 is 0. The van der Waals surface area contributed by atoms with Crippen molar-refractivity contribution < 1.29 is 143 Å². The molecule has 0 radical (unpaired) electrons. The van der Waals surface area contributed by atoms with Crippen molar-refractivity contribution in [3.05, 3.63) is 103 Å². The van der Waals surface area contributed by atoms with Crippen LogP contribution in [-0.4, -0.2) is 276 Å². The number of phenolic OH excluding ortho intramolecular Hbond substituents is 4. The van der Waals surface area contributed by atoms with E-state index in [4.69, 9.17) is 76.1 Å². The Balaban J connectivity index is 0.000000268. The summed E-state index contributed by atoms with van der Waals surface area (Å²) in [5, 5.41) is 119. The minimum atomic E-state index is -2.24. The zero-order chi connectivity index (χ0) is 83.1. The van der Waals surface area contributed by atoms with Crippen LogP contribution in [0.1, 0.15) is 165 Å². The number of carbonyl (C=O) groups is 9. The van der Waals surface area contributed by atoms with Gasteiger partial charge in [-0.3, -0.25) is 48.6 Å². The topological polar surface area (TPSA) is 639 Å². The van der Waals surface area contributed by atoms with E-state index in [0.717, 1.165) is 0 Å². The third kappa shape index (κ3) is 20.1. The second-order valence-electron chi connectivity index (χ2n) is 27.7. The van der Waals surface area contributed by atoms with Crippen LogP contribution in [0.4, 0.5) is 0 Å². The highest BCUT2D eigenvalue weighted by Gasteiger charge is 2.53. The molecule has 4 aromatic rings. The van der Waals surface area contributed by atoms with Gasteiger partial charge in [-0.15, -0.1) is 0 Å². The van der Waals surface area contributed by atoms with Crippen LogP contribution in [0.15, 0.2) is 41.5 Å². The van der Waals surface area contributed by atoms with Gasteiger partial charge in [-0.05, 0) is 38.8 Å². The molecule has 4 aliphatic carbocycles. The number of nitrogens with zero attached hydrogens (tertiary/aromatic N) is 1. The van der Waals surface area contributed by atoms with Gasteiger partial charge in [0.15, 0.2) is 29.9 Å². The van der Waals surface area contributed by atoms with E-state index in [1.807, 2.05) is 5.43 Å². The number of benzene rings is 4. The summed E-state index contributed by atoms with van der Waals surface area (Å²) in [6.07, 6.45) is -10.1. The summed E-state index contributed by atoms with van der Waals surface area (Å²) in [5.74, 6) is -4.18. The molecular formula is C74H101N10O29+. The van der Waals surface area contributed by atoms with Crippen molar-refractivity contribution in [3.8, 4) is 34.5 Å². The number of rotatable bonds is 31. The number of carbonyl (C=O) groups excluding carboxylic acids is 9. The minimum Gasteiger partial charge on any atom is -0.507 e. The van der Waals surface area contributed by atoms with Crippen LogP contribution >= 0.6 is 0 Å². The molecule has 4 unspecified atom stereocenters. The molecule has 2 saturated heterocycles. The fourth-order valence-electron chi connectivity index (χ4n) is 14.0. The molecule has 39 nitrogen and oxygen atoms in total. The molecule has 39 heteroatoms. The number of ketones is 5. The molecule has 620 valence electrons. The summed E-state index contributed by atoms with van der Waals surface area (Å²) in [6, 6.07) is 5.01. The lowest BCUT2D eigenvalue weighted by Gasteiger charge is -2.43. The number of hydrazine groups is 1. The molecule has 0 spiro atoms. The number of nitrogens with two attached hydrogens (primary N) is 5. The Labute approximate surface area is 649 Å². The van der Waals surface area contributed by atoms with Gasteiger partial charge in [0.25, 0.3) is 0 Å². The van der Waals surface area contributed by atoms with Gasteiger partial charge in [0.1, 0.15) is 52.3 Å². The molecule has 24 N–H and O–H groups in total. The Bertz CT molecular complexity index is 4190. The fourth-order valence-corrected chi connectivity index (χ4v) is 14.0. The molecule has 0 aromatic heterocycles. The Kier molecular flexibility index (Phi) is 31.4. The maximum atomic E-state index is 14.0. The van der Waals surface area contributed by atoms with Gasteiger partial charge in [-0.25, -0.2) is 11.3 Å². The predicted octanol–water partition coefficient (Wildman–Crippen LogP) is -3.23. The van der Waals surface area contributed by atoms with Crippen molar-refractivity contribution in [3.63, 3.8) is 0 Å². The zero-order valence-electron chi connectivity index (χ0n) is 64.1. The van der Waals surface area contributed by atoms with Crippen LogP contribution in [0.5, 0.6) is 34.5 Å². The van der Waals surface area contributed by atoms with E-state index in [1.54, 1.807) is 28.1 Å². The summed E-state index contributed by atoms with van der Waals surface area (Å²) in [4.78, 5) is 115. The second kappa shape index (κ2) is 39.7. The van der Waals surface area contributed by atoms with E-state index in [9.17, 15) is 94.2 Å². The highest BCUT2D eigenvalue weighted by Crippen LogP contribution is 2.55. The number of aliphatic hydroxyl groups is 6. The lowest BCUT2D eigenvalue weighted by molar-refractivity contribution is -0.247. The van der Waals surface area contributed by atoms with Crippen LogP contribution in [0.2, 0.25) is 0 Å². The van der Waals surface area contributed by atoms with E-state index >= 15 is 0 Å². The number of aromatic hydroxyl groups is 4. The molecule has 0 bridgehead atoms. The molecule has 4 aromatic carbocycles. The number of hydrazone groups is 1. The number of methoxy groups -OCH3 is 4. The van der Waals surface area contributed by atoms with Crippen molar-refractivity contribution in [2.45, 2.75) is 163 Å². The number of aliphatic hydroxyl groups excluding tert-OH is 4. The lowest BCUT2D eigenvalue weighted by Crippen LogP contribution is -2.53. The van der Waals surface area contributed by atoms with E-state index in [1.165, 1.54) is 50.6 Å². The summed E-state index contributed by atoms with van der Waals surface area (Å²) in [5.41, 5.74) is 19.8. The summed E-state index contributed by atoms with van der Waals surface area (Å²) < 4.78 is 54.6. The molecule has 14 atom stereocenters. The monoisotopic (exact) mass is 1590 g/mol. The second-order valence-corrected chi connectivity index (χ2v) is 27.7. The number of amides is 4. The summed E-state index contributed by atoms with van der Waals surface area (Å²) in [7, 11) is 5.78. The molecule has 4 amide bonds. The van der Waals surface area contributed by atoms with Gasteiger partial charge in [-0.2, -0.15) is 5.10 Å². The van der Waals surface area contributed by atoms with Crippen LogP contribution < -0.4 is 59.7 Å². The van der Waals surface area contributed by atoms with Crippen LogP contribution in [0.3, 0.4) is 0 Å². The van der Waals surface area contributed by atoms with Crippen molar-refractivity contribution >= 4 is 58.3 Å². The van der Waals surface area contributed by atoms with E-state index in [-0.39, 0.29) is 89.1 Å². The fraction of sp³-hybridized carbons (Fsp3) is 0.541. The van der Waals surface area contributed by atoms with Crippen molar-refractivity contribution in [2.75, 3.05) is 94.4 Å². The van der Waals surface area contributed by atoms with Crippen LogP contribution in [0.25, 0.3) is 0 Å². The number of fused-ring (bicyclic) bond motifs is 6. The van der Waals surface area contributed by atoms with E-state index in [0.29, 0.717) is 59.0 Å². The molecule has 2 fully saturated rings. The number of ether oxygens (including phenoxy) is 10. The SMILES string of the molecule is COCCOCCCNC(=O)C(N)CC(=O)NN.COCCOCCCNC(=O)C(N)CC(=O)NN=C(CO)[C@]1(O)Cc2c(O)c3c(c(O)c2[C@@H](O[C@H]2C[C@@H](N)[C@H](O)C(C)O2)C1)C(=O)c1c(OC)cccc1C3=O.COc1cccc2c1C(=O)c1c(O)c3c(c(O)c1C2=O)C[C@@](O)(C(=O)CO)C[C@@H]3O[C@H]1C[C@@H](N)[C@H](O)C(C)O1.[H+]. The van der Waals surface area contributed by atoms with Crippen molar-refractivity contribution in [2.24, 2.45) is 33.9 Å². The minimum absolute atomic E-state index is 0. The number of hydrogen-bond donors (Lipinski definition) is 19. The Hall–Kier alpha value is -9.18. The van der Waals surface area contributed by atoms with Gasteiger partial charge >= 0.3 is 1.43 Å². The maximum absolute atomic E-state index is 14.0. The third-order valence-electron chi connectivity index (χ3n) is 20.0. The maximum Gasteiger partial charge on any atom is 1.00 e. The normalized spacial score (nSPS) is 24.7. The van der Waals surface area contributed by atoms with Crippen LogP contribution in [-0.2, 0) is 74.7 Å². The van der Waals surface area contributed by atoms with E-state index in [2.05, 4.69) is 21.2 Å². The lowest BCUT2D eigenvalue weighted by atomic mass is 9.71.